The van der Waals surface area contributed by atoms with Crippen LogP contribution in [0.25, 0.3) is 10.9 Å². The van der Waals surface area contributed by atoms with Crippen LogP contribution >= 0.6 is 35.1 Å². The first-order valence-corrected chi connectivity index (χ1v) is 7.21. The van der Waals surface area contributed by atoms with E-state index in [1.807, 2.05) is 24.4 Å². The molecule has 0 aliphatic heterocycles. The summed E-state index contributed by atoms with van der Waals surface area (Å²) < 4.78 is 16.5. The highest BCUT2D eigenvalue weighted by Crippen LogP contribution is 2.31. The Morgan fingerprint density at radius 2 is 2.10 bits per heavy atom. The third-order valence-corrected chi connectivity index (χ3v) is 4.02. The second kappa shape index (κ2) is 5.52. The number of benzene rings is 1. The first kappa shape index (κ1) is 13.5. The Balaban J connectivity index is 1.83. The standard InChI is InChI=1S/C13H8Cl2FN3S/c14-7-1-2-8-10(3-7)17-6-12(8)20-19-11-5-18-13(15)4-9(11)16/h1-6,17,19H. The van der Waals surface area contributed by atoms with Gasteiger partial charge in [0.05, 0.1) is 16.8 Å². The zero-order chi connectivity index (χ0) is 14.1. The largest absolute Gasteiger partial charge is 0.360 e. The van der Waals surface area contributed by atoms with Crippen molar-refractivity contribution in [3.63, 3.8) is 0 Å². The summed E-state index contributed by atoms with van der Waals surface area (Å²) in [6.45, 7) is 0. The number of fused-ring (bicyclic) bond motifs is 1. The van der Waals surface area contributed by atoms with Gasteiger partial charge in [-0.1, -0.05) is 29.3 Å². The molecular weight excluding hydrogens is 320 g/mol. The number of nitrogens with one attached hydrogen (secondary N) is 2. The molecule has 7 heteroatoms. The summed E-state index contributed by atoms with van der Waals surface area (Å²) in [5, 5.41) is 1.80. The second-order valence-electron chi connectivity index (χ2n) is 4.03. The van der Waals surface area contributed by atoms with E-state index in [9.17, 15) is 4.39 Å². The number of pyridine rings is 1. The van der Waals surface area contributed by atoms with Gasteiger partial charge in [-0.25, -0.2) is 9.37 Å². The fourth-order valence-electron chi connectivity index (χ4n) is 1.75. The summed E-state index contributed by atoms with van der Waals surface area (Å²) in [6, 6.07) is 6.73. The number of hydrogen-bond acceptors (Lipinski definition) is 3. The molecule has 0 aliphatic carbocycles. The molecule has 2 N–H and O–H groups in total. The van der Waals surface area contributed by atoms with Crippen LogP contribution < -0.4 is 4.72 Å². The van der Waals surface area contributed by atoms with Gasteiger partial charge in [-0.3, -0.25) is 0 Å². The van der Waals surface area contributed by atoms with Gasteiger partial charge in [0.15, 0.2) is 5.82 Å². The highest BCUT2D eigenvalue weighted by Gasteiger charge is 2.08. The summed E-state index contributed by atoms with van der Waals surface area (Å²) in [5.74, 6) is -0.444. The van der Waals surface area contributed by atoms with Crippen LogP contribution in [0.5, 0.6) is 0 Å². The van der Waals surface area contributed by atoms with Gasteiger partial charge in [0.2, 0.25) is 0 Å². The van der Waals surface area contributed by atoms with Gasteiger partial charge in [-0.15, -0.1) is 0 Å². The maximum absolute atomic E-state index is 13.6. The molecule has 2 heterocycles. The van der Waals surface area contributed by atoms with Crippen LogP contribution in [0, 0.1) is 5.82 Å². The van der Waals surface area contributed by atoms with Crippen molar-refractivity contribution in [2.75, 3.05) is 4.72 Å². The summed E-state index contributed by atoms with van der Waals surface area (Å²) in [5.41, 5.74) is 1.21. The minimum atomic E-state index is -0.444. The quantitative estimate of drug-likeness (QED) is 0.517. The third-order valence-electron chi connectivity index (χ3n) is 2.70. The predicted octanol–water partition coefficient (Wildman–Crippen LogP) is 5.13. The van der Waals surface area contributed by atoms with Crippen molar-refractivity contribution in [3.05, 3.63) is 52.7 Å². The van der Waals surface area contributed by atoms with Crippen molar-refractivity contribution in [1.29, 1.82) is 0 Å². The molecule has 102 valence electrons. The van der Waals surface area contributed by atoms with E-state index in [0.29, 0.717) is 5.02 Å². The molecule has 3 rings (SSSR count). The lowest BCUT2D eigenvalue weighted by molar-refractivity contribution is 0.630. The van der Waals surface area contributed by atoms with E-state index in [-0.39, 0.29) is 10.8 Å². The molecule has 3 nitrogen and oxygen atoms in total. The van der Waals surface area contributed by atoms with E-state index in [2.05, 4.69) is 14.7 Å². The summed E-state index contributed by atoms with van der Waals surface area (Å²) in [7, 11) is 0. The number of anilines is 1. The third kappa shape index (κ3) is 2.70. The minimum Gasteiger partial charge on any atom is -0.360 e. The monoisotopic (exact) mass is 327 g/mol. The van der Waals surface area contributed by atoms with Gasteiger partial charge in [0.25, 0.3) is 0 Å². The first-order chi connectivity index (χ1) is 9.63. The number of rotatable bonds is 3. The average Bonchev–Trinajstić information content (AvgIpc) is 2.80. The van der Waals surface area contributed by atoms with E-state index < -0.39 is 5.82 Å². The molecule has 0 saturated heterocycles. The first-order valence-electron chi connectivity index (χ1n) is 5.64. The van der Waals surface area contributed by atoms with Crippen molar-refractivity contribution in [1.82, 2.24) is 9.97 Å². The van der Waals surface area contributed by atoms with Gasteiger partial charge in [-0.2, -0.15) is 0 Å². The van der Waals surface area contributed by atoms with Crippen LogP contribution in [0.3, 0.4) is 0 Å². The van der Waals surface area contributed by atoms with Gasteiger partial charge in [0, 0.05) is 28.2 Å². The Bertz CT molecular complexity index is 775. The Hall–Kier alpha value is -1.43. The molecule has 20 heavy (non-hydrogen) atoms. The normalized spacial score (nSPS) is 10.9. The number of H-pyrrole nitrogens is 1. The molecule has 0 fully saturated rings. The van der Waals surface area contributed by atoms with E-state index in [1.165, 1.54) is 24.2 Å². The van der Waals surface area contributed by atoms with Crippen LogP contribution in [-0.2, 0) is 0 Å². The highest BCUT2D eigenvalue weighted by atomic mass is 35.5. The smallest absolute Gasteiger partial charge is 0.151 e. The van der Waals surface area contributed by atoms with Crippen LogP contribution in [0.15, 0.2) is 41.6 Å². The van der Waals surface area contributed by atoms with Crippen molar-refractivity contribution >= 4 is 51.7 Å². The Morgan fingerprint density at radius 1 is 1.25 bits per heavy atom. The zero-order valence-corrected chi connectivity index (χ0v) is 12.3. The van der Waals surface area contributed by atoms with Crippen molar-refractivity contribution in [2.45, 2.75) is 4.90 Å². The molecule has 1 aromatic carbocycles. The summed E-state index contributed by atoms with van der Waals surface area (Å²) >= 11 is 12.8. The Kier molecular flexibility index (Phi) is 3.74. The van der Waals surface area contributed by atoms with E-state index in [1.54, 1.807) is 0 Å². The Labute approximate surface area is 128 Å². The molecule has 2 aromatic heterocycles. The van der Waals surface area contributed by atoms with E-state index in [4.69, 9.17) is 23.2 Å². The molecule has 0 bridgehead atoms. The molecule has 0 aliphatic rings. The molecular formula is C13H8Cl2FN3S. The molecule has 0 saturated carbocycles. The fourth-order valence-corrected chi connectivity index (χ4v) is 2.84. The van der Waals surface area contributed by atoms with Crippen LogP contribution in [0.4, 0.5) is 10.1 Å². The predicted molar refractivity (Wildman–Crippen MR) is 82.0 cm³/mol. The lowest BCUT2D eigenvalue weighted by Gasteiger charge is -2.05. The van der Waals surface area contributed by atoms with E-state index in [0.717, 1.165) is 15.8 Å². The maximum atomic E-state index is 13.6. The SMILES string of the molecule is Fc1cc(Cl)ncc1NSc1c[nH]c2cc(Cl)ccc12. The molecule has 0 atom stereocenters. The van der Waals surface area contributed by atoms with Gasteiger partial charge in [-0.05, 0) is 24.1 Å². The lowest BCUT2D eigenvalue weighted by atomic mass is 10.2. The molecule has 0 spiro atoms. The second-order valence-corrected chi connectivity index (χ2v) is 5.71. The fraction of sp³-hybridized carbons (Fsp3) is 0. The van der Waals surface area contributed by atoms with Crippen molar-refractivity contribution in [3.8, 4) is 0 Å². The van der Waals surface area contributed by atoms with Crippen LogP contribution in [0.2, 0.25) is 10.2 Å². The summed E-state index contributed by atoms with van der Waals surface area (Å²) in [6.07, 6.45) is 3.19. The average molecular weight is 328 g/mol. The van der Waals surface area contributed by atoms with E-state index >= 15 is 0 Å². The van der Waals surface area contributed by atoms with Gasteiger partial charge >= 0.3 is 0 Å². The number of aromatic nitrogens is 2. The lowest BCUT2D eigenvalue weighted by Crippen LogP contribution is -1.92. The molecule has 0 radical (unpaired) electrons. The van der Waals surface area contributed by atoms with Crippen molar-refractivity contribution in [2.24, 2.45) is 0 Å². The molecule has 0 amide bonds. The van der Waals surface area contributed by atoms with Crippen LogP contribution in [-0.4, -0.2) is 9.97 Å². The zero-order valence-electron chi connectivity index (χ0n) is 9.95. The van der Waals surface area contributed by atoms with Gasteiger partial charge < -0.3 is 9.71 Å². The highest BCUT2D eigenvalue weighted by molar-refractivity contribution is 8.00. The topological polar surface area (TPSA) is 40.7 Å². The maximum Gasteiger partial charge on any atom is 0.151 e. The van der Waals surface area contributed by atoms with Crippen LogP contribution in [0.1, 0.15) is 0 Å². The summed E-state index contributed by atoms with van der Waals surface area (Å²) in [4.78, 5) is 7.89. The number of aromatic amines is 1. The number of halogens is 3. The Morgan fingerprint density at radius 3 is 2.90 bits per heavy atom. The van der Waals surface area contributed by atoms with Gasteiger partial charge in [0.1, 0.15) is 5.15 Å². The minimum absolute atomic E-state index is 0.125. The molecule has 0 unspecified atom stereocenters. The molecule has 3 aromatic rings. The number of hydrogen-bond donors (Lipinski definition) is 2. The number of nitrogens with zero attached hydrogens (tertiary/aromatic N) is 1. The van der Waals surface area contributed by atoms with Crippen molar-refractivity contribution < 1.29 is 4.39 Å².